The number of nitrogens with zero attached hydrogens (tertiary/aromatic N) is 1. The highest BCUT2D eigenvalue weighted by Crippen LogP contribution is 2.21. The van der Waals surface area contributed by atoms with E-state index in [4.69, 9.17) is 0 Å². The lowest BCUT2D eigenvalue weighted by molar-refractivity contribution is -0.124. The summed E-state index contributed by atoms with van der Waals surface area (Å²) in [6.45, 7) is 2.82. The summed E-state index contributed by atoms with van der Waals surface area (Å²) in [5.74, 6) is -0.408. The average Bonchev–Trinajstić information content (AvgIpc) is 3.12. The third-order valence-corrected chi connectivity index (χ3v) is 6.08. The van der Waals surface area contributed by atoms with Crippen LogP contribution >= 0.6 is 0 Å². The summed E-state index contributed by atoms with van der Waals surface area (Å²) in [7, 11) is -3.35. The number of hydrogen-bond donors (Lipinski definition) is 2. The van der Waals surface area contributed by atoms with E-state index in [1.807, 2.05) is 6.07 Å². The van der Waals surface area contributed by atoms with E-state index >= 15 is 0 Å². The fourth-order valence-electron chi connectivity index (χ4n) is 2.81. The van der Waals surface area contributed by atoms with Gasteiger partial charge in [-0.25, -0.2) is 8.42 Å². The molecule has 0 bridgehead atoms. The van der Waals surface area contributed by atoms with Crippen LogP contribution in [0.15, 0.2) is 30.3 Å². The SMILES string of the molecule is CCS(=O)(=O)N1CCC[C@@H]1C(=O)NCCCNC(=O)c1ccccc1. The van der Waals surface area contributed by atoms with E-state index in [1.54, 1.807) is 31.2 Å². The van der Waals surface area contributed by atoms with Crippen LogP contribution in [0.4, 0.5) is 0 Å². The summed E-state index contributed by atoms with van der Waals surface area (Å²) in [6, 6.07) is 8.31. The van der Waals surface area contributed by atoms with Crippen molar-refractivity contribution in [2.24, 2.45) is 0 Å². The molecule has 0 spiro atoms. The molecule has 1 saturated heterocycles. The van der Waals surface area contributed by atoms with Crippen molar-refractivity contribution in [2.75, 3.05) is 25.4 Å². The molecule has 2 amide bonds. The predicted octanol–water partition coefficient (Wildman–Crippen LogP) is 0.737. The summed E-state index contributed by atoms with van der Waals surface area (Å²) in [4.78, 5) is 24.1. The average molecular weight is 367 g/mol. The first-order valence-electron chi connectivity index (χ1n) is 8.56. The van der Waals surface area contributed by atoms with E-state index in [0.29, 0.717) is 44.5 Å². The van der Waals surface area contributed by atoms with Crippen molar-refractivity contribution in [2.45, 2.75) is 32.2 Å². The van der Waals surface area contributed by atoms with Crippen LogP contribution in [0.5, 0.6) is 0 Å². The molecule has 8 heteroatoms. The van der Waals surface area contributed by atoms with E-state index in [0.717, 1.165) is 0 Å². The fourth-order valence-corrected chi connectivity index (χ4v) is 4.14. The highest BCUT2D eigenvalue weighted by Gasteiger charge is 2.37. The smallest absolute Gasteiger partial charge is 0.251 e. The van der Waals surface area contributed by atoms with E-state index in [2.05, 4.69) is 10.6 Å². The summed E-state index contributed by atoms with van der Waals surface area (Å²) >= 11 is 0. The quantitative estimate of drug-likeness (QED) is 0.663. The third-order valence-electron chi connectivity index (χ3n) is 4.20. The fraction of sp³-hybridized carbons (Fsp3) is 0.529. The van der Waals surface area contributed by atoms with Gasteiger partial charge >= 0.3 is 0 Å². The Balaban J connectivity index is 1.71. The molecule has 0 aromatic heterocycles. The van der Waals surface area contributed by atoms with E-state index in [1.165, 1.54) is 4.31 Å². The van der Waals surface area contributed by atoms with Crippen molar-refractivity contribution < 1.29 is 18.0 Å². The van der Waals surface area contributed by atoms with E-state index < -0.39 is 16.1 Å². The zero-order valence-corrected chi connectivity index (χ0v) is 15.2. The molecule has 25 heavy (non-hydrogen) atoms. The summed E-state index contributed by atoms with van der Waals surface area (Å²) in [5.41, 5.74) is 0.595. The molecular weight excluding hydrogens is 342 g/mol. The zero-order chi connectivity index (χ0) is 18.3. The first-order chi connectivity index (χ1) is 12.0. The second-order valence-corrected chi connectivity index (χ2v) is 8.15. The van der Waals surface area contributed by atoms with Gasteiger partial charge in [0.15, 0.2) is 0 Å². The summed E-state index contributed by atoms with van der Waals surface area (Å²) in [6.07, 6.45) is 1.83. The maximum absolute atomic E-state index is 12.2. The molecule has 0 radical (unpaired) electrons. The monoisotopic (exact) mass is 367 g/mol. The molecule has 138 valence electrons. The molecule has 1 aromatic rings. The van der Waals surface area contributed by atoms with E-state index in [-0.39, 0.29) is 17.6 Å². The van der Waals surface area contributed by atoms with Gasteiger partial charge < -0.3 is 10.6 Å². The molecule has 2 rings (SSSR count). The van der Waals surface area contributed by atoms with Crippen molar-refractivity contribution in [3.8, 4) is 0 Å². The topological polar surface area (TPSA) is 95.6 Å². The molecule has 0 saturated carbocycles. The van der Waals surface area contributed by atoms with Gasteiger partial charge in [0.2, 0.25) is 15.9 Å². The molecule has 1 aromatic carbocycles. The molecule has 0 aliphatic carbocycles. The van der Waals surface area contributed by atoms with Gasteiger partial charge in [-0.15, -0.1) is 0 Å². The first kappa shape index (κ1) is 19.4. The van der Waals surface area contributed by atoms with Crippen LogP contribution in [0.3, 0.4) is 0 Å². The number of carbonyl (C=O) groups excluding carboxylic acids is 2. The molecule has 1 aliphatic heterocycles. The minimum absolute atomic E-state index is 0.00228. The van der Waals surface area contributed by atoms with Crippen molar-refractivity contribution in [3.63, 3.8) is 0 Å². The van der Waals surface area contributed by atoms with Gasteiger partial charge in [-0.3, -0.25) is 9.59 Å². The minimum atomic E-state index is -3.35. The van der Waals surface area contributed by atoms with Gasteiger partial charge in [0, 0.05) is 25.2 Å². The van der Waals surface area contributed by atoms with Crippen molar-refractivity contribution >= 4 is 21.8 Å². The van der Waals surface area contributed by atoms with Crippen LogP contribution in [-0.4, -0.2) is 56.0 Å². The van der Waals surface area contributed by atoms with Gasteiger partial charge in [-0.1, -0.05) is 18.2 Å². The molecular formula is C17H25N3O4S. The lowest BCUT2D eigenvalue weighted by Crippen LogP contribution is -2.46. The maximum atomic E-state index is 12.2. The Morgan fingerprint density at radius 2 is 1.84 bits per heavy atom. The molecule has 7 nitrogen and oxygen atoms in total. The number of carbonyl (C=O) groups is 2. The molecule has 0 unspecified atom stereocenters. The second kappa shape index (κ2) is 8.96. The first-order valence-corrected chi connectivity index (χ1v) is 10.2. The van der Waals surface area contributed by atoms with Gasteiger partial charge in [0.05, 0.1) is 5.75 Å². The van der Waals surface area contributed by atoms with Crippen LogP contribution in [0.2, 0.25) is 0 Å². The number of benzene rings is 1. The van der Waals surface area contributed by atoms with Crippen LogP contribution in [0, 0.1) is 0 Å². The van der Waals surface area contributed by atoms with Crippen molar-refractivity contribution in [1.29, 1.82) is 0 Å². The van der Waals surface area contributed by atoms with Crippen molar-refractivity contribution in [1.82, 2.24) is 14.9 Å². The maximum Gasteiger partial charge on any atom is 0.251 e. The highest BCUT2D eigenvalue weighted by atomic mass is 32.2. The Morgan fingerprint density at radius 3 is 2.52 bits per heavy atom. The van der Waals surface area contributed by atoms with Crippen LogP contribution in [0.25, 0.3) is 0 Å². The number of hydrogen-bond acceptors (Lipinski definition) is 4. The minimum Gasteiger partial charge on any atom is -0.355 e. The van der Waals surface area contributed by atoms with Gasteiger partial charge in [0.25, 0.3) is 5.91 Å². The van der Waals surface area contributed by atoms with Crippen molar-refractivity contribution in [3.05, 3.63) is 35.9 Å². The Labute approximate surface area is 148 Å². The predicted molar refractivity (Wildman–Crippen MR) is 95.6 cm³/mol. The van der Waals surface area contributed by atoms with E-state index in [9.17, 15) is 18.0 Å². The molecule has 1 atom stereocenters. The largest absolute Gasteiger partial charge is 0.355 e. The normalized spacial score (nSPS) is 18.0. The Bertz CT molecular complexity index is 691. The second-order valence-electron chi connectivity index (χ2n) is 5.94. The molecule has 1 fully saturated rings. The highest BCUT2D eigenvalue weighted by molar-refractivity contribution is 7.89. The zero-order valence-electron chi connectivity index (χ0n) is 14.4. The Kier molecular flexibility index (Phi) is 6.95. The Hall–Kier alpha value is -1.93. The van der Waals surface area contributed by atoms with Crippen LogP contribution < -0.4 is 10.6 Å². The van der Waals surface area contributed by atoms with Crippen LogP contribution in [-0.2, 0) is 14.8 Å². The van der Waals surface area contributed by atoms with Gasteiger partial charge in [0.1, 0.15) is 6.04 Å². The third kappa shape index (κ3) is 5.27. The molecule has 1 heterocycles. The van der Waals surface area contributed by atoms with Gasteiger partial charge in [-0.2, -0.15) is 4.31 Å². The summed E-state index contributed by atoms with van der Waals surface area (Å²) in [5, 5.41) is 5.56. The summed E-state index contributed by atoms with van der Waals surface area (Å²) < 4.78 is 25.3. The van der Waals surface area contributed by atoms with Crippen LogP contribution in [0.1, 0.15) is 36.5 Å². The number of rotatable bonds is 8. The standard InChI is InChI=1S/C17H25N3O4S/c1-2-25(23,24)20-13-6-10-15(20)17(22)19-12-7-11-18-16(21)14-8-4-3-5-9-14/h3-5,8-9,15H,2,6-7,10-13H2,1H3,(H,18,21)(H,19,22)/t15-/m1/s1. The lowest BCUT2D eigenvalue weighted by atomic mass is 10.2. The number of sulfonamides is 1. The number of amides is 2. The van der Waals surface area contributed by atoms with Gasteiger partial charge in [-0.05, 0) is 38.3 Å². The Morgan fingerprint density at radius 1 is 1.16 bits per heavy atom. The lowest BCUT2D eigenvalue weighted by Gasteiger charge is -2.22. The number of nitrogens with one attached hydrogen (secondary N) is 2. The molecule has 1 aliphatic rings. The molecule has 2 N–H and O–H groups in total.